The van der Waals surface area contributed by atoms with Crippen molar-refractivity contribution in [3.8, 4) is 0 Å². The molecule has 0 radical (unpaired) electrons. The molecule has 1 aromatic heterocycles. The normalized spacial score (nSPS) is 24.5. The van der Waals surface area contributed by atoms with E-state index in [0.29, 0.717) is 6.04 Å². The lowest BCUT2D eigenvalue weighted by molar-refractivity contribution is 0.259. The van der Waals surface area contributed by atoms with Crippen LogP contribution in [0.2, 0.25) is 0 Å². The van der Waals surface area contributed by atoms with Crippen LogP contribution in [-0.2, 0) is 20.0 Å². The Morgan fingerprint density at radius 3 is 2.55 bits per heavy atom. The highest BCUT2D eigenvalue weighted by Crippen LogP contribution is 2.19. The molecule has 2 fully saturated rings. The van der Waals surface area contributed by atoms with Crippen molar-refractivity contribution in [2.75, 3.05) is 40.3 Å². The molecule has 3 heterocycles. The smallest absolute Gasteiger partial charge is 0.146 e. The van der Waals surface area contributed by atoms with Crippen LogP contribution in [0.5, 0.6) is 0 Å². The molecule has 0 spiro atoms. The van der Waals surface area contributed by atoms with Crippen molar-refractivity contribution < 1.29 is 0 Å². The average molecular weight is 306 g/mol. The molecule has 0 unspecified atom stereocenters. The van der Waals surface area contributed by atoms with E-state index in [1.165, 1.54) is 25.8 Å². The Hall–Kier alpha value is -0.980. The van der Waals surface area contributed by atoms with Crippen molar-refractivity contribution in [1.29, 1.82) is 0 Å². The first-order valence-corrected chi connectivity index (χ1v) is 8.60. The summed E-state index contributed by atoms with van der Waals surface area (Å²) in [7, 11) is 6.48. The molecule has 0 amide bonds. The second-order valence-corrected chi connectivity index (χ2v) is 7.13. The molecule has 22 heavy (non-hydrogen) atoms. The van der Waals surface area contributed by atoms with Gasteiger partial charge >= 0.3 is 0 Å². The maximum atomic E-state index is 4.46. The number of likely N-dealkylation sites (tertiary alicyclic amines) is 1. The van der Waals surface area contributed by atoms with Gasteiger partial charge in [0.25, 0.3) is 0 Å². The first kappa shape index (κ1) is 15.9. The summed E-state index contributed by atoms with van der Waals surface area (Å²) in [5.41, 5.74) is 0. The number of hydrogen-bond donors (Lipinski definition) is 1. The van der Waals surface area contributed by atoms with E-state index in [0.717, 1.165) is 50.2 Å². The molecule has 6 heteroatoms. The largest absolute Gasteiger partial charge is 0.317 e. The van der Waals surface area contributed by atoms with Crippen molar-refractivity contribution in [3.63, 3.8) is 0 Å². The van der Waals surface area contributed by atoms with Crippen LogP contribution in [0.1, 0.15) is 30.9 Å². The summed E-state index contributed by atoms with van der Waals surface area (Å²) in [6.07, 6.45) is 4.86. The maximum absolute atomic E-state index is 4.46. The third-order valence-electron chi connectivity index (χ3n) is 5.33. The number of piperidine rings is 1. The second kappa shape index (κ2) is 7.06. The van der Waals surface area contributed by atoms with Gasteiger partial charge in [-0.3, -0.25) is 4.90 Å². The quantitative estimate of drug-likeness (QED) is 0.858. The average Bonchev–Trinajstić information content (AvgIpc) is 3.11. The fourth-order valence-electron chi connectivity index (χ4n) is 3.64. The molecule has 2 saturated heterocycles. The summed E-state index contributed by atoms with van der Waals surface area (Å²) in [6.45, 7) is 5.53. The molecule has 2 aliphatic heterocycles. The summed E-state index contributed by atoms with van der Waals surface area (Å²) in [5, 5.41) is 12.3. The van der Waals surface area contributed by atoms with Crippen LogP contribution in [0, 0.1) is 5.92 Å². The topological polar surface area (TPSA) is 49.2 Å². The fourth-order valence-corrected chi connectivity index (χ4v) is 3.64. The summed E-state index contributed by atoms with van der Waals surface area (Å²) < 4.78 is 2.23. The second-order valence-electron chi connectivity index (χ2n) is 7.13. The van der Waals surface area contributed by atoms with Gasteiger partial charge in [-0.25, -0.2) is 0 Å². The highest BCUT2D eigenvalue weighted by atomic mass is 15.3. The molecule has 0 aromatic carbocycles. The van der Waals surface area contributed by atoms with Gasteiger partial charge in [-0.2, -0.15) is 0 Å². The van der Waals surface area contributed by atoms with Gasteiger partial charge in [0, 0.05) is 32.6 Å². The van der Waals surface area contributed by atoms with Gasteiger partial charge in [0.2, 0.25) is 0 Å². The van der Waals surface area contributed by atoms with Gasteiger partial charge in [0.1, 0.15) is 11.6 Å². The van der Waals surface area contributed by atoms with Crippen molar-refractivity contribution >= 4 is 0 Å². The minimum Gasteiger partial charge on any atom is -0.317 e. The van der Waals surface area contributed by atoms with Crippen LogP contribution >= 0.6 is 0 Å². The zero-order chi connectivity index (χ0) is 15.5. The van der Waals surface area contributed by atoms with Crippen LogP contribution in [0.3, 0.4) is 0 Å². The molecule has 1 N–H and O–H groups in total. The Morgan fingerprint density at radius 1 is 1.14 bits per heavy atom. The minimum atomic E-state index is 0.683. The molecule has 1 atom stereocenters. The third-order valence-corrected chi connectivity index (χ3v) is 5.33. The number of hydrogen-bond acceptors (Lipinski definition) is 5. The van der Waals surface area contributed by atoms with Gasteiger partial charge in [-0.15, -0.1) is 10.2 Å². The van der Waals surface area contributed by atoms with Gasteiger partial charge in [-0.1, -0.05) is 0 Å². The number of nitrogens with zero attached hydrogens (tertiary/aromatic N) is 5. The molecule has 2 aliphatic rings. The van der Waals surface area contributed by atoms with Crippen LogP contribution < -0.4 is 5.32 Å². The molecule has 3 rings (SSSR count). The van der Waals surface area contributed by atoms with Gasteiger partial charge < -0.3 is 14.8 Å². The van der Waals surface area contributed by atoms with E-state index in [1.807, 2.05) is 0 Å². The molecule has 6 nitrogen and oxygen atoms in total. The maximum Gasteiger partial charge on any atom is 0.146 e. The highest BCUT2D eigenvalue weighted by Gasteiger charge is 2.25. The van der Waals surface area contributed by atoms with Crippen LogP contribution in [0.4, 0.5) is 0 Å². The van der Waals surface area contributed by atoms with Gasteiger partial charge in [0.05, 0.1) is 6.54 Å². The molecule has 124 valence electrons. The SMILES string of the molecule is CN(C)[C@H]1CCN(Cc2nnc(CC3CCNCC3)n2C)C1. The lowest BCUT2D eigenvalue weighted by Gasteiger charge is -2.22. The Morgan fingerprint density at radius 2 is 1.86 bits per heavy atom. The lowest BCUT2D eigenvalue weighted by atomic mass is 9.94. The van der Waals surface area contributed by atoms with Crippen molar-refractivity contribution in [2.24, 2.45) is 13.0 Å². The fraction of sp³-hybridized carbons (Fsp3) is 0.875. The van der Waals surface area contributed by atoms with E-state index in [2.05, 4.69) is 51.0 Å². The molecule has 1 aromatic rings. The van der Waals surface area contributed by atoms with E-state index in [-0.39, 0.29) is 0 Å². The first-order valence-electron chi connectivity index (χ1n) is 8.60. The number of nitrogens with one attached hydrogen (secondary N) is 1. The van der Waals surface area contributed by atoms with Crippen molar-refractivity contribution in [2.45, 2.75) is 38.3 Å². The summed E-state index contributed by atoms with van der Waals surface area (Å²) in [4.78, 5) is 4.84. The van der Waals surface area contributed by atoms with Crippen molar-refractivity contribution in [1.82, 2.24) is 29.9 Å². The summed E-state index contributed by atoms with van der Waals surface area (Å²) in [6, 6.07) is 0.683. The summed E-state index contributed by atoms with van der Waals surface area (Å²) in [5.74, 6) is 3.04. The van der Waals surface area contributed by atoms with Crippen LogP contribution in [0.15, 0.2) is 0 Å². The zero-order valence-corrected chi connectivity index (χ0v) is 14.3. The molecule has 0 saturated carbocycles. The van der Waals surface area contributed by atoms with Crippen LogP contribution in [0.25, 0.3) is 0 Å². The molecule has 0 aliphatic carbocycles. The number of aromatic nitrogens is 3. The minimum absolute atomic E-state index is 0.683. The zero-order valence-electron chi connectivity index (χ0n) is 14.3. The Labute approximate surface area is 133 Å². The molecular formula is C16H30N6. The third kappa shape index (κ3) is 3.67. The molecular weight excluding hydrogens is 276 g/mol. The van der Waals surface area contributed by atoms with Crippen LogP contribution in [-0.4, -0.2) is 70.9 Å². The lowest BCUT2D eigenvalue weighted by Crippen LogP contribution is -2.31. The van der Waals surface area contributed by atoms with Gasteiger partial charge in [0.15, 0.2) is 0 Å². The van der Waals surface area contributed by atoms with E-state index in [4.69, 9.17) is 0 Å². The van der Waals surface area contributed by atoms with Crippen molar-refractivity contribution in [3.05, 3.63) is 11.6 Å². The highest BCUT2D eigenvalue weighted by molar-refractivity contribution is 4.98. The standard InChI is InChI=1S/C16H30N6/c1-20(2)14-6-9-22(11-14)12-16-19-18-15(21(16)3)10-13-4-7-17-8-5-13/h13-14,17H,4-12H2,1-3H3/t14-/m0/s1. The van der Waals surface area contributed by atoms with E-state index in [9.17, 15) is 0 Å². The summed E-state index contributed by atoms with van der Waals surface area (Å²) >= 11 is 0. The van der Waals surface area contributed by atoms with Gasteiger partial charge in [-0.05, 0) is 52.4 Å². The Bertz CT molecular complexity index is 477. The number of likely N-dealkylation sites (N-methyl/N-ethyl adjacent to an activating group) is 1. The predicted molar refractivity (Wildman–Crippen MR) is 87.7 cm³/mol. The van der Waals surface area contributed by atoms with E-state index < -0.39 is 0 Å². The monoisotopic (exact) mass is 306 g/mol. The van der Waals surface area contributed by atoms with E-state index >= 15 is 0 Å². The Balaban J connectivity index is 1.56. The molecule has 0 bridgehead atoms. The Kier molecular flexibility index (Phi) is 5.10. The predicted octanol–water partition coefficient (Wildman–Crippen LogP) is 0.493. The first-order chi connectivity index (χ1) is 10.6. The number of rotatable bonds is 5. The van der Waals surface area contributed by atoms with E-state index in [1.54, 1.807) is 0 Å².